The van der Waals surface area contributed by atoms with Crippen LogP contribution in [0.3, 0.4) is 0 Å². The van der Waals surface area contributed by atoms with Crippen LogP contribution in [-0.4, -0.2) is 40.1 Å². The first kappa shape index (κ1) is 21.7. The molecule has 0 radical (unpaired) electrons. The summed E-state index contributed by atoms with van der Waals surface area (Å²) < 4.78 is 0. The molecule has 3 atom stereocenters. The molecule has 160 valence electrons. The first-order valence-electron chi connectivity index (χ1n) is 9.67. The number of Topliss-reactive ketones (excluding diaryl/α,β-unsaturated/α-hetero) is 1. The van der Waals surface area contributed by atoms with Gasteiger partial charge >= 0.3 is 0 Å². The van der Waals surface area contributed by atoms with E-state index in [-0.39, 0.29) is 27.3 Å². The standard InChI is InChI=1S/C22H18Cl2N2O4S/c1-12-4-2-5-14-19(12)22(30)26(21(14)29)25(11-17(27)18-6-3-9-31-18)20(28)13-7-8-15(23)16(24)10-13/h2-4,6-10,12,14,19H,5,11H2,1H3/t12-,14+,19-/m1/s1. The molecule has 1 aromatic heterocycles. The molecule has 1 aliphatic carbocycles. The lowest BCUT2D eigenvalue weighted by Gasteiger charge is -2.30. The highest BCUT2D eigenvalue weighted by Gasteiger charge is 2.53. The number of hydrazine groups is 1. The van der Waals surface area contributed by atoms with Gasteiger partial charge in [-0.05, 0) is 42.0 Å². The van der Waals surface area contributed by atoms with Crippen molar-refractivity contribution in [2.75, 3.05) is 6.54 Å². The summed E-state index contributed by atoms with van der Waals surface area (Å²) in [7, 11) is 0. The van der Waals surface area contributed by atoms with Crippen LogP contribution in [0.1, 0.15) is 33.4 Å². The number of ketones is 1. The zero-order valence-corrected chi connectivity index (χ0v) is 18.8. The second kappa shape index (κ2) is 8.57. The number of carbonyl (C=O) groups is 4. The summed E-state index contributed by atoms with van der Waals surface area (Å²) in [5.41, 5.74) is 0.120. The third kappa shape index (κ3) is 3.93. The van der Waals surface area contributed by atoms with Gasteiger partial charge in [-0.1, -0.05) is 48.3 Å². The van der Waals surface area contributed by atoms with Gasteiger partial charge in [0.15, 0.2) is 5.78 Å². The van der Waals surface area contributed by atoms with Gasteiger partial charge in [-0.15, -0.1) is 11.3 Å². The fourth-order valence-corrected chi connectivity index (χ4v) is 4.99. The fraction of sp³-hybridized carbons (Fsp3) is 0.273. The van der Waals surface area contributed by atoms with Crippen LogP contribution in [0.25, 0.3) is 0 Å². The minimum Gasteiger partial charge on any atom is -0.291 e. The maximum absolute atomic E-state index is 13.4. The van der Waals surface area contributed by atoms with Crippen LogP contribution < -0.4 is 0 Å². The minimum atomic E-state index is -0.676. The van der Waals surface area contributed by atoms with Crippen molar-refractivity contribution in [2.45, 2.75) is 13.3 Å². The van der Waals surface area contributed by atoms with Crippen molar-refractivity contribution >= 4 is 58.0 Å². The van der Waals surface area contributed by atoms with E-state index in [4.69, 9.17) is 23.2 Å². The van der Waals surface area contributed by atoms with Crippen molar-refractivity contribution in [2.24, 2.45) is 17.8 Å². The molecule has 0 unspecified atom stereocenters. The number of allylic oxidation sites excluding steroid dienone is 2. The maximum Gasteiger partial charge on any atom is 0.273 e. The zero-order valence-electron chi connectivity index (χ0n) is 16.5. The molecule has 2 aromatic rings. The number of fused-ring (bicyclic) bond motifs is 1. The molecular formula is C22H18Cl2N2O4S. The van der Waals surface area contributed by atoms with Crippen LogP contribution in [0.5, 0.6) is 0 Å². The van der Waals surface area contributed by atoms with Gasteiger partial charge in [0.05, 0.1) is 26.8 Å². The second-order valence-electron chi connectivity index (χ2n) is 7.54. The molecular weight excluding hydrogens is 459 g/mol. The van der Waals surface area contributed by atoms with Crippen LogP contribution in [0, 0.1) is 17.8 Å². The van der Waals surface area contributed by atoms with Crippen LogP contribution in [-0.2, 0) is 9.59 Å². The smallest absolute Gasteiger partial charge is 0.273 e. The highest BCUT2D eigenvalue weighted by atomic mass is 35.5. The molecule has 0 N–H and O–H groups in total. The first-order chi connectivity index (χ1) is 14.8. The Morgan fingerprint density at radius 3 is 2.58 bits per heavy atom. The SMILES string of the molecule is C[C@@H]1C=CC[C@@H]2C(=O)N(N(CC(=O)c3cccs3)C(=O)c3ccc(Cl)c(Cl)c3)C(=O)[C@H]12. The first-order valence-corrected chi connectivity index (χ1v) is 11.3. The third-order valence-corrected chi connectivity index (χ3v) is 7.23. The molecule has 9 heteroatoms. The molecule has 2 aliphatic rings. The van der Waals surface area contributed by atoms with Gasteiger partial charge in [0.25, 0.3) is 17.7 Å². The topological polar surface area (TPSA) is 74.8 Å². The normalized spacial score (nSPS) is 22.5. The number of imide groups is 1. The molecule has 0 saturated carbocycles. The Hall–Kier alpha value is -2.48. The van der Waals surface area contributed by atoms with Crippen molar-refractivity contribution in [1.82, 2.24) is 10.0 Å². The largest absolute Gasteiger partial charge is 0.291 e. The molecule has 4 rings (SSSR count). The fourth-order valence-electron chi connectivity index (χ4n) is 4.03. The number of benzene rings is 1. The molecule has 0 spiro atoms. The number of thiophene rings is 1. The van der Waals surface area contributed by atoms with Crippen molar-refractivity contribution < 1.29 is 19.2 Å². The summed E-state index contributed by atoms with van der Waals surface area (Å²) in [4.78, 5) is 53.1. The minimum absolute atomic E-state index is 0.120. The van der Waals surface area contributed by atoms with E-state index < -0.39 is 36.1 Å². The number of rotatable bonds is 5. The van der Waals surface area contributed by atoms with E-state index >= 15 is 0 Å². The predicted molar refractivity (Wildman–Crippen MR) is 118 cm³/mol. The Balaban J connectivity index is 1.72. The van der Waals surface area contributed by atoms with E-state index in [2.05, 4.69) is 0 Å². The molecule has 31 heavy (non-hydrogen) atoms. The van der Waals surface area contributed by atoms with Gasteiger partial charge < -0.3 is 0 Å². The zero-order chi connectivity index (χ0) is 22.3. The van der Waals surface area contributed by atoms with E-state index in [1.54, 1.807) is 17.5 Å². The van der Waals surface area contributed by atoms with E-state index in [1.807, 2.05) is 19.1 Å². The number of hydrogen-bond acceptors (Lipinski definition) is 5. The van der Waals surface area contributed by atoms with Gasteiger partial charge in [0.2, 0.25) is 0 Å². The summed E-state index contributed by atoms with van der Waals surface area (Å²) in [6, 6.07) is 7.61. The average Bonchev–Trinajstić information content (AvgIpc) is 3.36. The molecule has 1 saturated heterocycles. The summed E-state index contributed by atoms with van der Waals surface area (Å²) in [5.74, 6) is -3.24. The molecule has 3 amide bonds. The summed E-state index contributed by atoms with van der Waals surface area (Å²) in [6.07, 6.45) is 4.20. The Morgan fingerprint density at radius 1 is 1.16 bits per heavy atom. The average molecular weight is 477 g/mol. The van der Waals surface area contributed by atoms with E-state index in [0.29, 0.717) is 11.3 Å². The predicted octanol–water partition coefficient (Wildman–Crippen LogP) is 4.49. The number of nitrogens with zero attached hydrogens (tertiary/aromatic N) is 2. The third-order valence-electron chi connectivity index (χ3n) is 5.58. The van der Waals surface area contributed by atoms with Gasteiger partial charge in [-0.3, -0.25) is 19.2 Å². The lowest BCUT2D eigenvalue weighted by molar-refractivity contribution is -0.154. The lowest BCUT2D eigenvalue weighted by atomic mass is 9.78. The summed E-state index contributed by atoms with van der Waals surface area (Å²) in [6.45, 7) is 1.42. The number of amides is 3. The Morgan fingerprint density at radius 2 is 1.94 bits per heavy atom. The maximum atomic E-state index is 13.4. The van der Waals surface area contributed by atoms with Crippen LogP contribution in [0.15, 0.2) is 47.9 Å². The monoisotopic (exact) mass is 476 g/mol. The molecule has 1 aromatic carbocycles. The molecule has 2 heterocycles. The molecule has 6 nitrogen and oxygen atoms in total. The van der Waals surface area contributed by atoms with E-state index in [9.17, 15) is 19.2 Å². The Kier molecular flexibility index (Phi) is 6.01. The number of hydrogen-bond donors (Lipinski definition) is 0. The van der Waals surface area contributed by atoms with Crippen molar-refractivity contribution in [3.8, 4) is 0 Å². The Labute approximate surface area is 193 Å². The number of carbonyl (C=O) groups excluding carboxylic acids is 4. The van der Waals surface area contributed by atoms with Crippen LogP contribution >= 0.6 is 34.5 Å². The molecule has 1 fully saturated rings. The van der Waals surface area contributed by atoms with Gasteiger partial charge in [0.1, 0.15) is 6.54 Å². The highest BCUT2D eigenvalue weighted by molar-refractivity contribution is 7.12. The Bertz CT molecular complexity index is 1100. The van der Waals surface area contributed by atoms with Gasteiger partial charge in [-0.2, -0.15) is 5.01 Å². The summed E-state index contributed by atoms with van der Waals surface area (Å²) in [5, 5.41) is 3.96. The van der Waals surface area contributed by atoms with Crippen LogP contribution in [0.4, 0.5) is 0 Å². The van der Waals surface area contributed by atoms with Gasteiger partial charge in [0, 0.05) is 5.56 Å². The van der Waals surface area contributed by atoms with E-state index in [0.717, 1.165) is 10.0 Å². The van der Waals surface area contributed by atoms with Crippen molar-refractivity contribution in [3.63, 3.8) is 0 Å². The quantitative estimate of drug-likeness (QED) is 0.361. The molecule has 1 aliphatic heterocycles. The highest BCUT2D eigenvalue weighted by Crippen LogP contribution is 2.39. The van der Waals surface area contributed by atoms with Crippen LogP contribution in [0.2, 0.25) is 10.0 Å². The second-order valence-corrected chi connectivity index (χ2v) is 9.30. The molecule has 0 bridgehead atoms. The van der Waals surface area contributed by atoms with Crippen molar-refractivity contribution in [1.29, 1.82) is 0 Å². The summed E-state index contributed by atoms with van der Waals surface area (Å²) >= 11 is 13.2. The van der Waals surface area contributed by atoms with Crippen molar-refractivity contribution in [3.05, 3.63) is 68.3 Å². The number of halogens is 2. The van der Waals surface area contributed by atoms with Gasteiger partial charge in [-0.25, -0.2) is 5.01 Å². The van der Waals surface area contributed by atoms with E-state index in [1.165, 1.54) is 29.5 Å². The lowest BCUT2D eigenvalue weighted by Crippen LogP contribution is -2.52.